The van der Waals surface area contributed by atoms with Crippen LogP contribution in [0.4, 0.5) is 4.39 Å². The summed E-state index contributed by atoms with van der Waals surface area (Å²) in [4.78, 5) is 25.6. The van der Waals surface area contributed by atoms with E-state index in [4.69, 9.17) is 9.47 Å². The fraction of sp³-hybridized carbons (Fsp3) is 0.467. The van der Waals surface area contributed by atoms with Crippen LogP contribution in [0.5, 0.6) is 5.75 Å². The van der Waals surface area contributed by atoms with Gasteiger partial charge in [0.05, 0.1) is 20.1 Å². The van der Waals surface area contributed by atoms with Crippen LogP contribution < -0.4 is 4.74 Å². The molecule has 0 unspecified atom stereocenters. The molecule has 1 aromatic rings. The van der Waals surface area contributed by atoms with E-state index in [2.05, 4.69) is 0 Å². The highest BCUT2D eigenvalue weighted by atomic mass is 19.1. The first-order valence-corrected chi connectivity index (χ1v) is 6.77. The van der Waals surface area contributed by atoms with Gasteiger partial charge in [0.15, 0.2) is 11.6 Å². The first-order valence-electron chi connectivity index (χ1n) is 6.77. The topological polar surface area (TPSA) is 55.8 Å². The number of halogens is 1. The number of piperidine rings is 1. The minimum absolute atomic E-state index is 0.0300. The number of methoxy groups -OCH3 is 2. The number of ether oxygens (including phenoxy) is 2. The molecule has 0 radical (unpaired) electrons. The molecule has 0 saturated carbocycles. The van der Waals surface area contributed by atoms with Gasteiger partial charge in [-0.25, -0.2) is 4.39 Å². The Morgan fingerprint density at radius 1 is 1.33 bits per heavy atom. The summed E-state index contributed by atoms with van der Waals surface area (Å²) < 4.78 is 23.0. The summed E-state index contributed by atoms with van der Waals surface area (Å²) in [6, 6.07) is 4.00. The molecular weight excluding hydrogens is 277 g/mol. The fourth-order valence-corrected chi connectivity index (χ4v) is 2.50. The smallest absolute Gasteiger partial charge is 0.310 e. The van der Waals surface area contributed by atoms with Gasteiger partial charge in [-0.05, 0) is 31.0 Å². The summed E-state index contributed by atoms with van der Waals surface area (Å²) in [7, 11) is 2.69. The van der Waals surface area contributed by atoms with Crippen LogP contribution in [0.3, 0.4) is 0 Å². The SMILES string of the molecule is COC(=O)[C@H]1CCCN(C(=O)c2ccc(F)c(OC)c2)C1. The second kappa shape index (κ2) is 6.56. The molecule has 1 amide bonds. The van der Waals surface area contributed by atoms with E-state index in [0.717, 1.165) is 6.42 Å². The van der Waals surface area contributed by atoms with Crippen LogP contribution in [0.15, 0.2) is 18.2 Å². The van der Waals surface area contributed by atoms with Crippen molar-refractivity contribution in [1.29, 1.82) is 0 Å². The lowest BCUT2D eigenvalue weighted by atomic mass is 9.97. The van der Waals surface area contributed by atoms with E-state index in [1.54, 1.807) is 4.90 Å². The highest BCUT2D eigenvalue weighted by Gasteiger charge is 2.29. The highest BCUT2D eigenvalue weighted by molar-refractivity contribution is 5.95. The number of hydrogen-bond donors (Lipinski definition) is 0. The van der Waals surface area contributed by atoms with Crippen molar-refractivity contribution in [3.05, 3.63) is 29.6 Å². The Morgan fingerprint density at radius 2 is 2.10 bits per heavy atom. The zero-order chi connectivity index (χ0) is 15.4. The minimum Gasteiger partial charge on any atom is -0.494 e. The Balaban J connectivity index is 2.14. The molecule has 1 aliphatic rings. The molecule has 1 aliphatic heterocycles. The molecule has 0 aliphatic carbocycles. The van der Waals surface area contributed by atoms with Crippen LogP contribution in [0.1, 0.15) is 23.2 Å². The molecule has 1 atom stereocenters. The number of likely N-dealkylation sites (tertiary alicyclic amines) is 1. The third kappa shape index (κ3) is 3.32. The van der Waals surface area contributed by atoms with Crippen molar-refractivity contribution in [1.82, 2.24) is 4.90 Å². The summed E-state index contributed by atoms with van der Waals surface area (Å²) in [5, 5.41) is 0. The number of nitrogens with zero attached hydrogens (tertiary/aromatic N) is 1. The number of amides is 1. The van der Waals surface area contributed by atoms with Gasteiger partial charge in [-0.2, -0.15) is 0 Å². The molecule has 1 saturated heterocycles. The maximum Gasteiger partial charge on any atom is 0.310 e. The maximum absolute atomic E-state index is 13.4. The van der Waals surface area contributed by atoms with Gasteiger partial charge >= 0.3 is 5.97 Å². The van der Waals surface area contributed by atoms with Gasteiger partial charge < -0.3 is 14.4 Å². The number of hydrogen-bond acceptors (Lipinski definition) is 4. The van der Waals surface area contributed by atoms with E-state index < -0.39 is 5.82 Å². The van der Waals surface area contributed by atoms with Crippen molar-refractivity contribution in [2.24, 2.45) is 5.92 Å². The zero-order valence-electron chi connectivity index (χ0n) is 12.1. The van der Waals surface area contributed by atoms with Gasteiger partial charge in [0, 0.05) is 18.7 Å². The standard InChI is InChI=1S/C15H18FNO4/c1-20-13-8-10(5-6-12(13)16)14(18)17-7-3-4-11(9-17)15(19)21-2/h5-6,8,11H,3-4,7,9H2,1-2H3/t11-/m0/s1. The molecular formula is C15H18FNO4. The Bertz CT molecular complexity index is 546. The number of carbonyl (C=O) groups excluding carboxylic acids is 2. The Labute approximate surface area is 122 Å². The van der Waals surface area contributed by atoms with Gasteiger partial charge in [-0.1, -0.05) is 0 Å². The second-order valence-corrected chi connectivity index (χ2v) is 4.96. The molecule has 6 heteroatoms. The largest absolute Gasteiger partial charge is 0.494 e. The van der Waals surface area contributed by atoms with Crippen molar-refractivity contribution >= 4 is 11.9 Å². The Hall–Kier alpha value is -2.11. The molecule has 1 heterocycles. The van der Waals surface area contributed by atoms with E-state index in [1.807, 2.05) is 0 Å². The average molecular weight is 295 g/mol. The predicted molar refractivity (Wildman–Crippen MR) is 73.6 cm³/mol. The fourth-order valence-electron chi connectivity index (χ4n) is 2.50. The van der Waals surface area contributed by atoms with Gasteiger partial charge in [-0.15, -0.1) is 0 Å². The van der Waals surface area contributed by atoms with Crippen molar-refractivity contribution in [3.63, 3.8) is 0 Å². The lowest BCUT2D eigenvalue weighted by molar-refractivity contribution is -0.146. The zero-order valence-corrected chi connectivity index (χ0v) is 12.1. The summed E-state index contributed by atoms with van der Waals surface area (Å²) in [5.74, 6) is -1.32. The maximum atomic E-state index is 13.4. The number of benzene rings is 1. The average Bonchev–Trinajstić information content (AvgIpc) is 2.54. The van der Waals surface area contributed by atoms with Gasteiger partial charge in [-0.3, -0.25) is 9.59 Å². The third-order valence-electron chi connectivity index (χ3n) is 3.64. The molecule has 0 N–H and O–H groups in total. The van der Waals surface area contributed by atoms with Crippen LogP contribution in [-0.2, 0) is 9.53 Å². The Kier molecular flexibility index (Phi) is 4.77. The second-order valence-electron chi connectivity index (χ2n) is 4.96. The van der Waals surface area contributed by atoms with E-state index >= 15 is 0 Å². The van der Waals surface area contributed by atoms with Crippen LogP contribution in [0.25, 0.3) is 0 Å². The van der Waals surface area contributed by atoms with Crippen molar-refractivity contribution < 1.29 is 23.5 Å². The third-order valence-corrected chi connectivity index (χ3v) is 3.64. The van der Waals surface area contributed by atoms with Crippen LogP contribution in [0.2, 0.25) is 0 Å². The molecule has 0 bridgehead atoms. The van der Waals surface area contributed by atoms with Crippen LogP contribution >= 0.6 is 0 Å². The first-order chi connectivity index (χ1) is 10.1. The summed E-state index contributed by atoms with van der Waals surface area (Å²) in [5.41, 5.74) is 0.346. The quantitative estimate of drug-likeness (QED) is 0.799. The number of esters is 1. The summed E-state index contributed by atoms with van der Waals surface area (Å²) in [6.07, 6.45) is 1.45. The molecule has 114 valence electrons. The first kappa shape index (κ1) is 15.3. The van der Waals surface area contributed by atoms with Crippen LogP contribution in [-0.4, -0.2) is 44.1 Å². The van der Waals surface area contributed by atoms with E-state index in [1.165, 1.54) is 32.4 Å². The van der Waals surface area contributed by atoms with E-state index in [9.17, 15) is 14.0 Å². The lowest BCUT2D eigenvalue weighted by Crippen LogP contribution is -2.42. The molecule has 5 nitrogen and oxygen atoms in total. The lowest BCUT2D eigenvalue weighted by Gasteiger charge is -2.31. The molecule has 0 aromatic heterocycles. The molecule has 2 rings (SSSR count). The van der Waals surface area contributed by atoms with Gasteiger partial charge in [0.25, 0.3) is 5.91 Å². The molecule has 21 heavy (non-hydrogen) atoms. The molecule has 0 spiro atoms. The van der Waals surface area contributed by atoms with Crippen molar-refractivity contribution in [2.45, 2.75) is 12.8 Å². The van der Waals surface area contributed by atoms with Gasteiger partial charge in [0.1, 0.15) is 0 Å². The van der Waals surface area contributed by atoms with Crippen molar-refractivity contribution in [2.75, 3.05) is 27.3 Å². The Morgan fingerprint density at radius 3 is 2.76 bits per heavy atom. The minimum atomic E-state index is -0.514. The number of rotatable bonds is 3. The van der Waals surface area contributed by atoms with E-state index in [0.29, 0.717) is 25.1 Å². The predicted octanol–water partition coefficient (Wildman–Crippen LogP) is 1.86. The van der Waals surface area contributed by atoms with Gasteiger partial charge in [0.2, 0.25) is 0 Å². The molecule has 1 aromatic carbocycles. The number of carbonyl (C=O) groups is 2. The van der Waals surface area contributed by atoms with Crippen LogP contribution in [0, 0.1) is 11.7 Å². The highest BCUT2D eigenvalue weighted by Crippen LogP contribution is 2.23. The monoisotopic (exact) mass is 295 g/mol. The van der Waals surface area contributed by atoms with E-state index in [-0.39, 0.29) is 23.5 Å². The summed E-state index contributed by atoms with van der Waals surface area (Å²) >= 11 is 0. The summed E-state index contributed by atoms with van der Waals surface area (Å²) in [6.45, 7) is 0.900. The normalized spacial score (nSPS) is 18.2. The van der Waals surface area contributed by atoms with Crippen molar-refractivity contribution in [3.8, 4) is 5.75 Å². The molecule has 1 fully saturated rings.